The minimum Gasteiger partial charge on any atom is -0.478 e. The fourth-order valence-corrected chi connectivity index (χ4v) is 2.15. The van der Waals surface area contributed by atoms with Gasteiger partial charge in [0.05, 0.1) is 11.3 Å². The van der Waals surface area contributed by atoms with Crippen LogP contribution in [0.3, 0.4) is 0 Å². The number of aromatic carboxylic acids is 1. The highest BCUT2D eigenvalue weighted by Crippen LogP contribution is 2.30. The van der Waals surface area contributed by atoms with E-state index in [4.69, 9.17) is 0 Å². The molecule has 1 aromatic rings. The summed E-state index contributed by atoms with van der Waals surface area (Å²) < 4.78 is 0. The molecule has 1 saturated heterocycles. The Kier molecular flexibility index (Phi) is 2.90. The third-order valence-corrected chi connectivity index (χ3v) is 3.08. The van der Waals surface area contributed by atoms with E-state index in [0.717, 1.165) is 4.90 Å². The summed E-state index contributed by atoms with van der Waals surface area (Å²) in [6.07, 6.45) is 0.131. The number of carboxylic acids is 1. The van der Waals surface area contributed by atoms with Crippen LogP contribution < -0.4 is 4.90 Å². The fraction of sp³-hybridized carbons (Fsp3) is 0.308. The van der Waals surface area contributed by atoms with Crippen LogP contribution in [-0.4, -0.2) is 22.9 Å². The predicted octanol–water partition coefficient (Wildman–Crippen LogP) is 1.59. The molecule has 0 bridgehead atoms. The van der Waals surface area contributed by atoms with Crippen molar-refractivity contribution in [3.05, 3.63) is 29.3 Å². The summed E-state index contributed by atoms with van der Waals surface area (Å²) in [5.41, 5.74) is 0.704. The zero-order valence-corrected chi connectivity index (χ0v) is 10.1. The third kappa shape index (κ3) is 1.77. The Morgan fingerprint density at radius 3 is 2.56 bits per heavy atom. The molecule has 2 amide bonds. The lowest BCUT2D eigenvalue weighted by Gasteiger charge is -2.18. The van der Waals surface area contributed by atoms with Crippen LogP contribution >= 0.6 is 0 Å². The van der Waals surface area contributed by atoms with E-state index in [9.17, 15) is 19.5 Å². The standard InChI is InChI=1S/C13H13NO4/c1-7-4-3-5-9(11(7)13(17)18)14-10(15)6-8(2)12(14)16/h3-5,8H,6H2,1-2H3,(H,17,18). The highest BCUT2D eigenvalue weighted by molar-refractivity contribution is 6.22. The highest BCUT2D eigenvalue weighted by Gasteiger charge is 2.38. The number of hydrogen-bond acceptors (Lipinski definition) is 3. The van der Waals surface area contributed by atoms with E-state index >= 15 is 0 Å². The smallest absolute Gasteiger partial charge is 0.338 e. The second-order valence-corrected chi connectivity index (χ2v) is 4.45. The molecule has 5 nitrogen and oxygen atoms in total. The summed E-state index contributed by atoms with van der Waals surface area (Å²) in [6, 6.07) is 4.77. The topological polar surface area (TPSA) is 74.7 Å². The number of hydrogen-bond donors (Lipinski definition) is 1. The fourth-order valence-electron chi connectivity index (χ4n) is 2.15. The minimum atomic E-state index is -1.14. The monoisotopic (exact) mass is 247 g/mol. The van der Waals surface area contributed by atoms with Gasteiger partial charge in [-0.15, -0.1) is 0 Å². The molecule has 18 heavy (non-hydrogen) atoms. The van der Waals surface area contributed by atoms with Crippen molar-refractivity contribution in [2.75, 3.05) is 4.90 Å². The molecule has 5 heteroatoms. The van der Waals surface area contributed by atoms with Crippen LogP contribution in [0.2, 0.25) is 0 Å². The molecular formula is C13H13NO4. The molecule has 1 N–H and O–H groups in total. The first kappa shape index (κ1) is 12.3. The van der Waals surface area contributed by atoms with Crippen molar-refractivity contribution in [1.29, 1.82) is 0 Å². The first-order chi connectivity index (χ1) is 8.43. The van der Waals surface area contributed by atoms with Gasteiger partial charge in [0.1, 0.15) is 0 Å². The molecule has 0 spiro atoms. The van der Waals surface area contributed by atoms with Gasteiger partial charge in [-0.25, -0.2) is 9.69 Å². The van der Waals surface area contributed by atoms with Gasteiger partial charge in [-0.2, -0.15) is 0 Å². The predicted molar refractivity (Wildman–Crippen MR) is 64.4 cm³/mol. The van der Waals surface area contributed by atoms with E-state index in [2.05, 4.69) is 0 Å². The second kappa shape index (κ2) is 4.25. The van der Waals surface area contributed by atoms with Crippen molar-refractivity contribution in [3.8, 4) is 0 Å². The molecule has 1 fully saturated rings. The first-order valence-electron chi connectivity index (χ1n) is 5.63. The maximum atomic E-state index is 11.9. The number of benzene rings is 1. The summed E-state index contributed by atoms with van der Waals surface area (Å²) in [5.74, 6) is -2.21. The van der Waals surface area contributed by atoms with Gasteiger partial charge in [-0.05, 0) is 18.6 Å². The van der Waals surface area contributed by atoms with Gasteiger partial charge >= 0.3 is 5.97 Å². The summed E-state index contributed by atoms with van der Waals surface area (Å²) in [6.45, 7) is 3.30. The molecule has 1 atom stereocenters. The van der Waals surface area contributed by atoms with Crippen LogP contribution in [0.5, 0.6) is 0 Å². The molecule has 1 aliphatic heterocycles. The first-order valence-corrected chi connectivity index (χ1v) is 5.63. The Labute approximate surface area is 104 Å². The highest BCUT2D eigenvalue weighted by atomic mass is 16.4. The lowest BCUT2D eigenvalue weighted by Crippen LogP contribution is -2.31. The van der Waals surface area contributed by atoms with E-state index in [1.54, 1.807) is 26.0 Å². The minimum absolute atomic E-state index is 0.00769. The van der Waals surface area contributed by atoms with E-state index in [-0.39, 0.29) is 35.4 Å². The van der Waals surface area contributed by atoms with Gasteiger partial charge in [-0.1, -0.05) is 19.1 Å². The number of carbonyl (C=O) groups is 3. The third-order valence-electron chi connectivity index (χ3n) is 3.08. The molecule has 0 aromatic heterocycles. The Morgan fingerprint density at radius 2 is 2.06 bits per heavy atom. The average molecular weight is 247 g/mol. The summed E-state index contributed by atoms with van der Waals surface area (Å²) in [4.78, 5) is 35.9. The maximum Gasteiger partial charge on any atom is 0.338 e. The van der Waals surface area contributed by atoms with Crippen molar-refractivity contribution in [3.63, 3.8) is 0 Å². The SMILES string of the molecule is Cc1cccc(N2C(=O)CC(C)C2=O)c1C(=O)O. The molecule has 1 unspecified atom stereocenters. The number of imide groups is 1. The van der Waals surface area contributed by atoms with E-state index < -0.39 is 5.97 Å². The van der Waals surface area contributed by atoms with Crippen molar-refractivity contribution < 1.29 is 19.5 Å². The van der Waals surface area contributed by atoms with Gasteiger partial charge in [0.2, 0.25) is 11.8 Å². The van der Waals surface area contributed by atoms with Crippen molar-refractivity contribution in [2.24, 2.45) is 5.92 Å². The van der Waals surface area contributed by atoms with Crippen LogP contribution in [0.25, 0.3) is 0 Å². The van der Waals surface area contributed by atoms with Gasteiger partial charge < -0.3 is 5.11 Å². The van der Waals surface area contributed by atoms with Crippen LogP contribution in [0.1, 0.15) is 29.3 Å². The van der Waals surface area contributed by atoms with Gasteiger partial charge in [-0.3, -0.25) is 9.59 Å². The van der Waals surface area contributed by atoms with Crippen molar-refractivity contribution in [2.45, 2.75) is 20.3 Å². The molecule has 94 valence electrons. The maximum absolute atomic E-state index is 11.9. The number of nitrogens with zero attached hydrogens (tertiary/aromatic N) is 1. The number of rotatable bonds is 2. The van der Waals surface area contributed by atoms with Crippen molar-refractivity contribution in [1.82, 2.24) is 0 Å². The molecule has 0 saturated carbocycles. The summed E-state index contributed by atoms with van der Waals surface area (Å²) in [5, 5.41) is 9.20. The van der Waals surface area contributed by atoms with E-state index in [0.29, 0.717) is 5.56 Å². The second-order valence-electron chi connectivity index (χ2n) is 4.45. The lowest BCUT2D eigenvalue weighted by atomic mass is 10.1. The number of aryl methyl sites for hydroxylation is 1. The molecule has 1 aliphatic rings. The quantitative estimate of drug-likeness (QED) is 0.805. The molecule has 1 heterocycles. The summed E-state index contributed by atoms with van der Waals surface area (Å²) in [7, 11) is 0. The van der Waals surface area contributed by atoms with Gasteiger partial charge in [0.15, 0.2) is 0 Å². The number of amides is 2. The average Bonchev–Trinajstić information content (AvgIpc) is 2.52. The van der Waals surface area contributed by atoms with Crippen LogP contribution in [-0.2, 0) is 9.59 Å². The Bertz CT molecular complexity index is 550. The number of carboxylic acid groups (broad SMARTS) is 1. The van der Waals surface area contributed by atoms with Gasteiger partial charge in [0.25, 0.3) is 0 Å². The molecule has 1 aromatic carbocycles. The zero-order chi connectivity index (χ0) is 13.4. The normalized spacial score (nSPS) is 19.4. The van der Waals surface area contributed by atoms with E-state index in [1.807, 2.05) is 0 Å². The molecular weight excluding hydrogens is 234 g/mol. The Morgan fingerprint density at radius 1 is 1.39 bits per heavy atom. The zero-order valence-electron chi connectivity index (χ0n) is 10.1. The summed E-state index contributed by atoms with van der Waals surface area (Å²) >= 11 is 0. The van der Waals surface area contributed by atoms with Crippen LogP contribution in [0.4, 0.5) is 5.69 Å². The molecule has 0 radical (unpaired) electrons. The van der Waals surface area contributed by atoms with Crippen molar-refractivity contribution >= 4 is 23.5 Å². The van der Waals surface area contributed by atoms with Gasteiger partial charge in [0, 0.05) is 12.3 Å². The Hall–Kier alpha value is -2.17. The van der Waals surface area contributed by atoms with Crippen LogP contribution in [0.15, 0.2) is 18.2 Å². The Balaban J connectivity index is 2.59. The van der Waals surface area contributed by atoms with Crippen LogP contribution in [0, 0.1) is 12.8 Å². The number of carbonyl (C=O) groups excluding carboxylic acids is 2. The van der Waals surface area contributed by atoms with E-state index in [1.165, 1.54) is 6.07 Å². The lowest BCUT2D eigenvalue weighted by molar-refractivity contribution is -0.122. The largest absolute Gasteiger partial charge is 0.478 e. The number of anilines is 1. The molecule has 0 aliphatic carbocycles. The molecule has 2 rings (SSSR count).